The number of isocyanates is 2. The summed E-state index contributed by atoms with van der Waals surface area (Å²) in [7, 11) is 8.29. The SMILES string of the molecule is C.C.CN=C=O.CN=C=O.CNC(=O)Nc1cccc2c(C(=O)C(=O)N3CCN(C(=O)c4ccccc4)C[C@H]3C)c[nH]c12.CNC(C)=O.CP.C[C@@H]1CN(C(=O)C2=CC=[C+]C=C2)CCN1C(=O)C(=O)c1c[nH]c2c(N)cccc12. The summed E-state index contributed by atoms with van der Waals surface area (Å²) >= 11 is 0. The number of carbonyl (C=O) groups excluding carboxylic acids is 10. The number of anilines is 2. The summed E-state index contributed by atoms with van der Waals surface area (Å²) in [6, 6.07) is 18.4. The van der Waals surface area contributed by atoms with E-state index in [2.05, 4.69) is 51.2 Å². The van der Waals surface area contributed by atoms with Crippen LogP contribution in [-0.2, 0) is 28.8 Å². The molecular weight excluding hydrogens is 1030 g/mol. The third-order valence-electron chi connectivity index (χ3n) is 11.7. The Hall–Kier alpha value is -9.18. The number of aromatic nitrogens is 2. The van der Waals surface area contributed by atoms with Crippen molar-refractivity contribution in [1.29, 1.82) is 0 Å². The molecule has 79 heavy (non-hydrogen) atoms. The summed E-state index contributed by atoms with van der Waals surface area (Å²) in [6.07, 6.45) is 15.3. The summed E-state index contributed by atoms with van der Waals surface area (Å²) in [5, 5.41) is 8.73. The number of nitrogens with zero attached hydrogens (tertiary/aromatic N) is 6. The number of aliphatic imine (C=N–C) groups is 2. The van der Waals surface area contributed by atoms with Crippen LogP contribution in [0.15, 0.2) is 119 Å². The molecule has 2 fully saturated rings. The zero-order chi connectivity index (χ0) is 57.2. The van der Waals surface area contributed by atoms with Gasteiger partial charge in [-0.25, -0.2) is 24.4 Å². The van der Waals surface area contributed by atoms with Gasteiger partial charge in [0.05, 0.1) is 45.7 Å². The van der Waals surface area contributed by atoms with Gasteiger partial charge in [0.25, 0.3) is 35.2 Å². The lowest BCUT2D eigenvalue weighted by Gasteiger charge is -2.39. The fourth-order valence-corrected chi connectivity index (χ4v) is 7.85. The lowest BCUT2D eigenvalue weighted by Crippen LogP contribution is -2.57. The number of hydrogen-bond donors (Lipinski definition) is 6. The van der Waals surface area contributed by atoms with E-state index in [1.54, 1.807) is 89.7 Å². The molecule has 22 nitrogen and oxygen atoms in total. The number of para-hydroxylation sites is 2. The average Bonchev–Trinajstić information content (AvgIpc) is 4.19. The van der Waals surface area contributed by atoms with E-state index in [1.807, 2.05) is 38.7 Å². The molecular formula is C56H72N12O10P+. The van der Waals surface area contributed by atoms with Gasteiger partial charge in [-0.1, -0.05) is 64.0 Å². The molecule has 8 rings (SSSR count). The molecule has 0 radical (unpaired) electrons. The summed E-state index contributed by atoms with van der Waals surface area (Å²) in [5.74, 6) is -2.56. The fourth-order valence-electron chi connectivity index (χ4n) is 7.85. The van der Waals surface area contributed by atoms with Crippen molar-refractivity contribution >= 4 is 102 Å². The first kappa shape index (κ1) is 67.8. The maximum absolute atomic E-state index is 13.1. The molecule has 0 bridgehead atoms. The van der Waals surface area contributed by atoms with Gasteiger partial charge >= 0.3 is 6.03 Å². The second kappa shape index (κ2) is 34.5. The molecule has 2 aliphatic heterocycles. The predicted molar refractivity (Wildman–Crippen MR) is 311 cm³/mol. The van der Waals surface area contributed by atoms with Crippen molar-refractivity contribution in [1.82, 2.24) is 40.2 Å². The Morgan fingerprint density at radius 2 is 1.15 bits per heavy atom. The largest absolute Gasteiger partial charge is 0.397 e. The predicted octanol–water partition coefficient (Wildman–Crippen LogP) is 5.74. The number of nitrogens with one attached hydrogen (secondary N) is 5. The monoisotopic (exact) mass is 1100 g/mol. The van der Waals surface area contributed by atoms with Crippen molar-refractivity contribution in [3.63, 3.8) is 0 Å². The number of rotatable bonds is 7. The topological polar surface area (TPSA) is 302 Å². The number of allylic oxidation sites excluding steroid dienone is 4. The minimum absolute atomic E-state index is 0. The molecule has 2 saturated heterocycles. The Balaban J connectivity index is 0.000000620. The van der Waals surface area contributed by atoms with Crippen molar-refractivity contribution in [2.45, 2.75) is 47.7 Å². The van der Waals surface area contributed by atoms with Crippen molar-refractivity contribution < 1.29 is 47.9 Å². The molecule has 5 aromatic rings. The Labute approximate surface area is 462 Å². The maximum Gasteiger partial charge on any atom is 0.319 e. The highest BCUT2D eigenvalue weighted by atomic mass is 31.0. The third-order valence-corrected chi connectivity index (χ3v) is 11.7. The van der Waals surface area contributed by atoms with E-state index < -0.39 is 29.4 Å². The number of piperazine rings is 2. The van der Waals surface area contributed by atoms with Gasteiger partial charge in [-0.05, 0) is 38.1 Å². The number of ketones is 2. The third kappa shape index (κ3) is 18.5. The highest BCUT2D eigenvalue weighted by molar-refractivity contribution is 7.15. The van der Waals surface area contributed by atoms with Gasteiger partial charge in [0.1, 0.15) is 17.7 Å². The van der Waals surface area contributed by atoms with Crippen LogP contribution in [-0.4, -0.2) is 175 Å². The lowest BCUT2D eigenvalue weighted by molar-refractivity contribution is -0.137. The van der Waals surface area contributed by atoms with E-state index in [0.29, 0.717) is 82.6 Å². The standard InChI is InChI=1S/C24H25N5O4.C22H20N4O3.C3H7NO.2C2H3NO.CH5P.2CH4/c1-15-14-28(22(31)16-7-4-3-5-8-16)11-12-29(15)23(32)21(30)18-13-26-20-17(18)9-6-10-19(20)27-24(33)25-2;1-14-13-25(21(28)15-6-3-2-4-7-15)10-11-26(14)22(29)20(27)17-12-24-19-16(17)8-5-9-18(19)23;1-3(5)4-2;2*1-3-2-4;1-2;;/h3-10,13,15,26H,11-12,14H2,1-2H3,(H2,25,27,33);3-9,12,14H,10-11,13H2,1H3,(H2-,23,24,27,29);1-2H3,(H,4,5);2*1H3;2H2,1H3;2*1H4/p+1/t15-;14-;;;;;;/m11....../s1. The number of carbonyl (C=O) groups is 8. The number of fused-ring (bicyclic) bond motifs is 2. The number of H-pyrrole nitrogens is 2. The number of Topliss-reactive ketones (excluding diaryl/α,β-unsaturated/α-hetero) is 2. The second-order valence-corrected chi connectivity index (χ2v) is 16.6. The van der Waals surface area contributed by atoms with Crippen molar-refractivity contribution in [3.05, 3.63) is 132 Å². The zero-order valence-corrected chi connectivity index (χ0v) is 45.3. The van der Waals surface area contributed by atoms with Crippen molar-refractivity contribution in [3.8, 4) is 0 Å². The first-order valence-electron chi connectivity index (χ1n) is 23.9. The normalized spacial score (nSPS) is 14.4. The maximum atomic E-state index is 13.1. The van der Waals surface area contributed by atoms with Crippen LogP contribution in [0, 0.1) is 6.08 Å². The highest BCUT2D eigenvalue weighted by Gasteiger charge is 2.36. The van der Waals surface area contributed by atoms with Crippen molar-refractivity contribution in [2.24, 2.45) is 9.98 Å². The summed E-state index contributed by atoms with van der Waals surface area (Å²) in [4.78, 5) is 135. The summed E-state index contributed by atoms with van der Waals surface area (Å²) in [5.41, 5.74) is 9.88. The quantitative estimate of drug-likeness (QED) is 0.0217. The molecule has 3 atom stereocenters. The van der Waals surface area contributed by atoms with Crippen molar-refractivity contribution in [2.75, 3.05) is 85.2 Å². The van der Waals surface area contributed by atoms with Crippen LogP contribution in [0.25, 0.3) is 21.8 Å². The van der Waals surface area contributed by atoms with E-state index in [1.165, 1.54) is 62.4 Å². The minimum atomic E-state index is -0.631. The van der Waals surface area contributed by atoms with Crippen LogP contribution >= 0.6 is 9.24 Å². The van der Waals surface area contributed by atoms with Gasteiger partial charge < -0.3 is 51.3 Å². The number of urea groups is 1. The molecule has 3 aliphatic rings. The first-order chi connectivity index (χ1) is 37.0. The average molecular weight is 1100 g/mol. The summed E-state index contributed by atoms with van der Waals surface area (Å²) in [6.45, 7) is 9.09. The molecule has 7 N–H and O–H groups in total. The van der Waals surface area contributed by atoms with Gasteiger partial charge in [-0.15, -0.1) is 9.24 Å². The van der Waals surface area contributed by atoms with Crippen LogP contribution in [0.1, 0.15) is 66.7 Å². The molecule has 3 aromatic carbocycles. The smallest absolute Gasteiger partial charge is 0.319 e. The van der Waals surface area contributed by atoms with E-state index in [4.69, 9.17) is 15.3 Å². The molecule has 1 unspecified atom stereocenters. The molecule has 2 aromatic heterocycles. The van der Waals surface area contributed by atoms with Crippen LogP contribution in [0.2, 0.25) is 0 Å². The molecule has 420 valence electrons. The Bertz CT molecular complexity index is 3080. The number of benzene rings is 3. The minimum Gasteiger partial charge on any atom is -0.397 e. The highest BCUT2D eigenvalue weighted by Crippen LogP contribution is 2.28. The van der Waals surface area contributed by atoms with E-state index in [9.17, 15) is 38.4 Å². The van der Waals surface area contributed by atoms with E-state index >= 15 is 0 Å². The van der Waals surface area contributed by atoms with Gasteiger partial charge in [0.15, 0.2) is 0 Å². The van der Waals surface area contributed by atoms with Crippen LogP contribution in [0.3, 0.4) is 0 Å². The zero-order valence-electron chi connectivity index (χ0n) is 44.1. The molecule has 0 spiro atoms. The van der Waals surface area contributed by atoms with E-state index in [0.717, 1.165) is 0 Å². The number of nitrogens with two attached hydrogens (primary N) is 1. The number of hydrogen-bond acceptors (Lipinski definition) is 13. The number of nitrogen functional groups attached to an aromatic ring is 1. The molecule has 0 saturated carbocycles. The van der Waals surface area contributed by atoms with Crippen LogP contribution in [0.5, 0.6) is 0 Å². The summed E-state index contributed by atoms with van der Waals surface area (Å²) < 4.78 is 0. The molecule has 1 aliphatic carbocycles. The number of amides is 7. The molecule has 7 amide bonds. The van der Waals surface area contributed by atoms with Gasteiger partial charge in [0, 0.05) is 121 Å². The second-order valence-electron chi connectivity index (χ2n) is 16.6. The number of aromatic amines is 2. The Kier molecular flexibility index (Phi) is 29.6. The fraction of sp³-hybridized carbons (Fsp3) is 0.321. The van der Waals surface area contributed by atoms with E-state index in [-0.39, 0.29) is 56.8 Å². The Morgan fingerprint density at radius 3 is 1.59 bits per heavy atom. The Morgan fingerprint density at radius 1 is 0.684 bits per heavy atom. The molecule has 23 heteroatoms. The first-order valence-corrected chi connectivity index (χ1v) is 25.1. The molecule has 4 heterocycles. The van der Waals surface area contributed by atoms with Gasteiger partial charge in [0.2, 0.25) is 18.1 Å². The van der Waals surface area contributed by atoms with Crippen LogP contribution in [0.4, 0.5) is 16.2 Å². The van der Waals surface area contributed by atoms with Crippen LogP contribution < -0.4 is 21.7 Å². The van der Waals surface area contributed by atoms with Gasteiger partial charge in [-0.3, -0.25) is 33.6 Å². The lowest BCUT2D eigenvalue weighted by atomic mass is 10.1. The van der Waals surface area contributed by atoms with Gasteiger partial charge in [-0.2, -0.15) is 0 Å².